The molecular weight excluding hydrogens is 373 g/mol. The van der Waals surface area contributed by atoms with E-state index in [0.29, 0.717) is 24.4 Å². The Hall–Kier alpha value is -3.81. The Morgan fingerprint density at radius 1 is 1.10 bits per heavy atom. The fourth-order valence-corrected chi connectivity index (χ4v) is 3.11. The van der Waals surface area contributed by atoms with E-state index in [1.54, 1.807) is 16.9 Å². The van der Waals surface area contributed by atoms with Crippen molar-refractivity contribution >= 4 is 22.6 Å². The highest BCUT2D eigenvalue weighted by molar-refractivity contribution is 6.03. The molecule has 1 amide bonds. The molecule has 0 radical (unpaired) electrons. The number of benzene rings is 2. The normalized spacial score (nSPS) is 11.0. The van der Waals surface area contributed by atoms with Gasteiger partial charge in [0.15, 0.2) is 11.5 Å². The lowest BCUT2D eigenvalue weighted by Crippen LogP contribution is -2.27. The first kappa shape index (κ1) is 18.5. The van der Waals surface area contributed by atoms with Crippen molar-refractivity contribution in [3.63, 3.8) is 0 Å². The average Bonchev–Trinajstić information content (AvgIpc) is 3.16. The SMILES string of the molecule is CCn1nc(C(=O)Nc2ccn(Cc3ccccc3)n2)c(=O)c2cc(F)ccc21. The fourth-order valence-electron chi connectivity index (χ4n) is 3.11. The topological polar surface area (TPSA) is 81.8 Å². The first-order chi connectivity index (χ1) is 14.0. The molecule has 2 heterocycles. The standard InChI is InChI=1S/C21H18FN5O2/c1-2-27-17-9-8-15(22)12-16(17)20(28)19(25-27)21(29)23-18-10-11-26(24-18)13-14-6-4-3-5-7-14/h3-12H,2,13H2,1H3,(H,23,24,29). The summed E-state index contributed by atoms with van der Waals surface area (Å²) in [5.74, 6) is -0.933. The first-order valence-electron chi connectivity index (χ1n) is 9.14. The molecule has 2 aromatic heterocycles. The lowest BCUT2D eigenvalue weighted by Gasteiger charge is -2.10. The van der Waals surface area contributed by atoms with Crippen molar-refractivity contribution in [2.75, 3.05) is 5.32 Å². The van der Waals surface area contributed by atoms with Crippen LogP contribution in [-0.4, -0.2) is 25.5 Å². The monoisotopic (exact) mass is 391 g/mol. The van der Waals surface area contributed by atoms with Crippen LogP contribution in [0.4, 0.5) is 10.2 Å². The van der Waals surface area contributed by atoms with Crippen LogP contribution < -0.4 is 10.7 Å². The Morgan fingerprint density at radius 2 is 1.90 bits per heavy atom. The highest BCUT2D eigenvalue weighted by Gasteiger charge is 2.18. The van der Waals surface area contributed by atoms with E-state index in [2.05, 4.69) is 15.5 Å². The zero-order chi connectivity index (χ0) is 20.4. The molecule has 146 valence electrons. The van der Waals surface area contributed by atoms with Crippen molar-refractivity contribution in [1.82, 2.24) is 19.6 Å². The minimum absolute atomic E-state index is 0.113. The smallest absolute Gasteiger partial charge is 0.281 e. The van der Waals surface area contributed by atoms with Gasteiger partial charge in [-0.05, 0) is 30.7 Å². The van der Waals surface area contributed by atoms with E-state index in [0.717, 1.165) is 11.6 Å². The number of hydrogen-bond donors (Lipinski definition) is 1. The summed E-state index contributed by atoms with van der Waals surface area (Å²) >= 11 is 0. The number of amides is 1. The molecule has 4 aromatic rings. The second kappa shape index (κ2) is 7.67. The van der Waals surface area contributed by atoms with E-state index >= 15 is 0 Å². The van der Waals surface area contributed by atoms with E-state index in [-0.39, 0.29) is 11.1 Å². The van der Waals surface area contributed by atoms with Gasteiger partial charge in [-0.2, -0.15) is 10.2 Å². The molecule has 8 heteroatoms. The van der Waals surface area contributed by atoms with Gasteiger partial charge < -0.3 is 5.32 Å². The van der Waals surface area contributed by atoms with Crippen LogP contribution in [0.2, 0.25) is 0 Å². The van der Waals surface area contributed by atoms with Crippen molar-refractivity contribution in [2.45, 2.75) is 20.0 Å². The van der Waals surface area contributed by atoms with E-state index in [1.807, 2.05) is 37.3 Å². The van der Waals surface area contributed by atoms with Crippen molar-refractivity contribution in [1.29, 1.82) is 0 Å². The predicted molar refractivity (Wildman–Crippen MR) is 107 cm³/mol. The van der Waals surface area contributed by atoms with Gasteiger partial charge in [0, 0.05) is 18.8 Å². The van der Waals surface area contributed by atoms with Crippen molar-refractivity contribution in [2.24, 2.45) is 0 Å². The van der Waals surface area contributed by atoms with E-state index in [1.165, 1.54) is 16.8 Å². The summed E-state index contributed by atoms with van der Waals surface area (Å²) in [6, 6.07) is 15.3. The molecular formula is C21H18FN5O2. The number of fused-ring (bicyclic) bond motifs is 1. The largest absolute Gasteiger partial charge is 0.304 e. The summed E-state index contributed by atoms with van der Waals surface area (Å²) in [6.45, 7) is 2.80. The highest BCUT2D eigenvalue weighted by atomic mass is 19.1. The molecule has 4 rings (SSSR count). The Morgan fingerprint density at radius 3 is 2.66 bits per heavy atom. The van der Waals surface area contributed by atoms with Crippen LogP contribution in [0, 0.1) is 5.82 Å². The van der Waals surface area contributed by atoms with Gasteiger partial charge in [0.25, 0.3) is 5.91 Å². The summed E-state index contributed by atoms with van der Waals surface area (Å²) in [6.07, 6.45) is 1.73. The highest BCUT2D eigenvalue weighted by Crippen LogP contribution is 2.13. The minimum Gasteiger partial charge on any atom is -0.304 e. The van der Waals surface area contributed by atoms with Crippen LogP contribution >= 0.6 is 0 Å². The third kappa shape index (κ3) is 3.77. The molecule has 0 fully saturated rings. The Kier molecular flexibility index (Phi) is 4.90. The summed E-state index contributed by atoms with van der Waals surface area (Å²) in [5, 5.41) is 11.2. The van der Waals surface area contributed by atoms with Crippen LogP contribution in [0.1, 0.15) is 23.0 Å². The van der Waals surface area contributed by atoms with Crippen LogP contribution in [-0.2, 0) is 13.1 Å². The number of hydrogen-bond acceptors (Lipinski definition) is 4. The van der Waals surface area contributed by atoms with Gasteiger partial charge in [0.1, 0.15) is 5.82 Å². The number of rotatable bonds is 5. The van der Waals surface area contributed by atoms with Crippen molar-refractivity contribution < 1.29 is 9.18 Å². The molecule has 0 unspecified atom stereocenters. The van der Waals surface area contributed by atoms with E-state index in [9.17, 15) is 14.0 Å². The third-order valence-electron chi connectivity index (χ3n) is 4.50. The molecule has 0 aliphatic heterocycles. The molecule has 0 aliphatic carbocycles. The fraction of sp³-hybridized carbons (Fsp3) is 0.143. The molecule has 0 saturated heterocycles. The third-order valence-corrected chi connectivity index (χ3v) is 4.50. The van der Waals surface area contributed by atoms with Crippen molar-refractivity contribution in [3.8, 4) is 0 Å². The number of carbonyl (C=O) groups excluding carboxylic acids is 1. The molecule has 0 spiro atoms. The second-order valence-corrected chi connectivity index (χ2v) is 6.49. The quantitative estimate of drug-likeness (QED) is 0.567. The minimum atomic E-state index is -0.687. The van der Waals surface area contributed by atoms with Gasteiger partial charge in [0.05, 0.1) is 17.4 Å². The molecule has 1 N–H and O–H groups in total. The summed E-state index contributed by atoms with van der Waals surface area (Å²) < 4.78 is 16.8. The molecule has 0 bridgehead atoms. The van der Waals surface area contributed by atoms with Gasteiger partial charge in [-0.15, -0.1) is 0 Å². The van der Waals surface area contributed by atoms with E-state index in [4.69, 9.17) is 0 Å². The lowest BCUT2D eigenvalue weighted by atomic mass is 10.2. The lowest BCUT2D eigenvalue weighted by molar-refractivity contribution is 0.101. The van der Waals surface area contributed by atoms with Gasteiger partial charge >= 0.3 is 0 Å². The number of anilines is 1. The molecule has 29 heavy (non-hydrogen) atoms. The van der Waals surface area contributed by atoms with Crippen molar-refractivity contribution in [3.05, 3.63) is 88.1 Å². The van der Waals surface area contributed by atoms with Crippen LogP contribution in [0.3, 0.4) is 0 Å². The number of halogens is 1. The van der Waals surface area contributed by atoms with Gasteiger partial charge in [-0.3, -0.25) is 19.0 Å². The maximum Gasteiger partial charge on any atom is 0.281 e. The van der Waals surface area contributed by atoms with E-state index < -0.39 is 17.2 Å². The summed E-state index contributed by atoms with van der Waals surface area (Å²) in [5.41, 5.74) is 0.619. The zero-order valence-corrected chi connectivity index (χ0v) is 15.7. The number of carbonyl (C=O) groups is 1. The Labute approximate surface area is 165 Å². The summed E-state index contributed by atoms with van der Waals surface area (Å²) in [4.78, 5) is 25.4. The molecule has 0 aliphatic rings. The maximum absolute atomic E-state index is 13.6. The van der Waals surface area contributed by atoms with Crippen LogP contribution in [0.25, 0.3) is 10.9 Å². The molecule has 0 saturated carbocycles. The van der Waals surface area contributed by atoms with Gasteiger partial charge in [-0.1, -0.05) is 30.3 Å². The predicted octanol–water partition coefficient (Wildman–Crippen LogP) is 3.05. The van der Waals surface area contributed by atoms with Gasteiger partial charge in [0.2, 0.25) is 5.43 Å². The number of aromatic nitrogens is 4. The molecule has 7 nitrogen and oxygen atoms in total. The maximum atomic E-state index is 13.6. The first-order valence-corrected chi connectivity index (χ1v) is 9.14. The van der Waals surface area contributed by atoms with Crippen LogP contribution in [0.5, 0.6) is 0 Å². The Balaban J connectivity index is 1.61. The average molecular weight is 391 g/mol. The number of aryl methyl sites for hydroxylation is 1. The van der Waals surface area contributed by atoms with Gasteiger partial charge in [-0.25, -0.2) is 4.39 Å². The summed E-state index contributed by atoms with van der Waals surface area (Å²) in [7, 11) is 0. The second-order valence-electron chi connectivity index (χ2n) is 6.49. The molecule has 0 atom stereocenters. The number of nitrogens with zero attached hydrogens (tertiary/aromatic N) is 4. The Bertz CT molecular complexity index is 1250. The number of nitrogens with one attached hydrogen (secondary N) is 1. The zero-order valence-electron chi connectivity index (χ0n) is 15.7. The molecule has 2 aromatic carbocycles. The van der Waals surface area contributed by atoms with Crippen LogP contribution in [0.15, 0.2) is 65.6 Å².